The monoisotopic (exact) mass is 369 g/mol. The van der Waals surface area contributed by atoms with Gasteiger partial charge < -0.3 is 19.9 Å². The van der Waals surface area contributed by atoms with E-state index >= 15 is 0 Å². The number of benzene rings is 2. The Morgan fingerprint density at radius 3 is 2.74 bits per heavy atom. The van der Waals surface area contributed by atoms with Crippen molar-refractivity contribution in [3.8, 4) is 5.75 Å². The topological polar surface area (TPSA) is 67.8 Å². The second kappa shape index (κ2) is 9.02. The van der Waals surface area contributed by atoms with Gasteiger partial charge in [-0.2, -0.15) is 0 Å². The number of carbonyl (C=O) groups is 1. The van der Waals surface area contributed by atoms with Crippen LogP contribution in [0.25, 0.3) is 0 Å². The van der Waals surface area contributed by atoms with Crippen LogP contribution >= 0.6 is 0 Å². The lowest BCUT2D eigenvalue weighted by Crippen LogP contribution is -2.51. The minimum atomic E-state index is -0.235. The number of aliphatic hydroxyl groups excluding tert-OH is 1. The van der Waals surface area contributed by atoms with Crippen LogP contribution in [0, 0.1) is 13.8 Å². The Morgan fingerprint density at radius 1 is 1.22 bits per heavy atom. The van der Waals surface area contributed by atoms with Gasteiger partial charge in [0, 0.05) is 6.61 Å². The highest BCUT2D eigenvalue weighted by Gasteiger charge is 2.29. The largest absolute Gasteiger partial charge is 0.486 e. The maximum Gasteiger partial charge on any atom is 0.224 e. The van der Waals surface area contributed by atoms with Gasteiger partial charge in [0.1, 0.15) is 11.9 Å². The Labute approximate surface area is 160 Å². The van der Waals surface area contributed by atoms with Gasteiger partial charge in [-0.3, -0.25) is 4.79 Å². The number of amides is 1. The molecule has 0 aromatic heterocycles. The van der Waals surface area contributed by atoms with Crippen LogP contribution in [0.5, 0.6) is 5.75 Å². The predicted molar refractivity (Wildman–Crippen MR) is 104 cm³/mol. The summed E-state index contributed by atoms with van der Waals surface area (Å²) in [6, 6.07) is 13.4. The molecular formula is C22H27NO4. The third-order valence-electron chi connectivity index (χ3n) is 4.90. The molecule has 1 heterocycles. The highest BCUT2D eigenvalue weighted by molar-refractivity contribution is 5.79. The number of rotatable bonds is 6. The summed E-state index contributed by atoms with van der Waals surface area (Å²) < 4.78 is 11.6. The van der Waals surface area contributed by atoms with Crippen molar-refractivity contribution < 1.29 is 19.4 Å². The molecule has 0 radical (unpaired) electrons. The fourth-order valence-electron chi connectivity index (χ4n) is 3.26. The SMILES string of the molecule is Cc1ccc(C)c(CC(=O)N[C@@H]2CCOC[C@H]2Oc2ccc(CO)cc2)c1. The Balaban J connectivity index is 1.62. The Bertz CT molecular complexity index is 772. The Kier molecular flexibility index (Phi) is 6.48. The summed E-state index contributed by atoms with van der Waals surface area (Å²) >= 11 is 0. The van der Waals surface area contributed by atoms with Crippen molar-refractivity contribution >= 4 is 5.91 Å². The summed E-state index contributed by atoms with van der Waals surface area (Å²) in [7, 11) is 0. The van der Waals surface area contributed by atoms with E-state index in [1.54, 1.807) is 0 Å². The quantitative estimate of drug-likeness (QED) is 0.822. The highest BCUT2D eigenvalue weighted by atomic mass is 16.5. The molecule has 1 fully saturated rings. The van der Waals surface area contributed by atoms with Gasteiger partial charge in [0.05, 0.1) is 25.7 Å². The molecule has 2 N–H and O–H groups in total. The Morgan fingerprint density at radius 2 is 2.00 bits per heavy atom. The van der Waals surface area contributed by atoms with Gasteiger partial charge >= 0.3 is 0 Å². The first-order chi connectivity index (χ1) is 13.0. The van der Waals surface area contributed by atoms with Crippen LogP contribution in [0.15, 0.2) is 42.5 Å². The van der Waals surface area contributed by atoms with Crippen molar-refractivity contribution in [3.05, 3.63) is 64.7 Å². The summed E-state index contributed by atoms with van der Waals surface area (Å²) in [5.41, 5.74) is 4.17. The van der Waals surface area contributed by atoms with E-state index < -0.39 is 0 Å². The Hall–Kier alpha value is -2.37. The minimum absolute atomic E-state index is 0.000159. The van der Waals surface area contributed by atoms with Crippen molar-refractivity contribution in [1.82, 2.24) is 5.32 Å². The molecule has 3 rings (SSSR count). The van der Waals surface area contributed by atoms with Crippen molar-refractivity contribution in [2.75, 3.05) is 13.2 Å². The molecule has 1 saturated heterocycles. The number of carbonyl (C=O) groups excluding carboxylic acids is 1. The zero-order valence-electron chi connectivity index (χ0n) is 15.9. The molecule has 1 aliphatic heterocycles. The number of nitrogens with one attached hydrogen (secondary N) is 1. The summed E-state index contributed by atoms with van der Waals surface area (Å²) in [6.45, 7) is 5.11. The number of hydrogen-bond donors (Lipinski definition) is 2. The van der Waals surface area contributed by atoms with Crippen LogP contribution in [0.2, 0.25) is 0 Å². The van der Waals surface area contributed by atoms with E-state index in [2.05, 4.69) is 17.4 Å². The smallest absolute Gasteiger partial charge is 0.224 e. The van der Waals surface area contributed by atoms with Gasteiger partial charge in [0.15, 0.2) is 0 Å². The highest BCUT2D eigenvalue weighted by Crippen LogP contribution is 2.19. The average Bonchev–Trinajstić information content (AvgIpc) is 2.67. The number of hydrogen-bond acceptors (Lipinski definition) is 4. The van der Waals surface area contributed by atoms with Crippen molar-refractivity contribution in [2.24, 2.45) is 0 Å². The molecule has 2 aromatic rings. The molecule has 1 amide bonds. The van der Waals surface area contributed by atoms with E-state index in [4.69, 9.17) is 14.6 Å². The maximum absolute atomic E-state index is 12.6. The summed E-state index contributed by atoms with van der Waals surface area (Å²) in [5.74, 6) is 0.705. The van der Waals surface area contributed by atoms with E-state index in [-0.39, 0.29) is 24.7 Å². The van der Waals surface area contributed by atoms with Crippen molar-refractivity contribution in [3.63, 3.8) is 0 Å². The third kappa shape index (κ3) is 5.31. The van der Waals surface area contributed by atoms with E-state index in [1.807, 2.05) is 44.2 Å². The number of ether oxygens (including phenoxy) is 2. The van der Waals surface area contributed by atoms with Gasteiger partial charge in [-0.05, 0) is 49.1 Å². The molecule has 0 spiro atoms. The zero-order chi connectivity index (χ0) is 19.2. The van der Waals surface area contributed by atoms with E-state index in [1.165, 1.54) is 0 Å². The van der Waals surface area contributed by atoms with Gasteiger partial charge in [0.25, 0.3) is 0 Å². The predicted octanol–water partition coefficient (Wildman–Crippen LogP) is 2.69. The van der Waals surface area contributed by atoms with Gasteiger partial charge in [-0.25, -0.2) is 0 Å². The fourth-order valence-corrected chi connectivity index (χ4v) is 3.26. The second-order valence-electron chi connectivity index (χ2n) is 7.10. The lowest BCUT2D eigenvalue weighted by Gasteiger charge is -2.32. The van der Waals surface area contributed by atoms with Crippen LogP contribution in [-0.4, -0.2) is 36.4 Å². The van der Waals surface area contributed by atoms with Crippen LogP contribution in [-0.2, 0) is 22.6 Å². The molecule has 144 valence electrons. The molecule has 27 heavy (non-hydrogen) atoms. The molecule has 0 unspecified atom stereocenters. The normalized spacial score (nSPS) is 19.5. The van der Waals surface area contributed by atoms with Gasteiger partial charge in [-0.1, -0.05) is 35.9 Å². The van der Waals surface area contributed by atoms with E-state index in [9.17, 15) is 4.79 Å². The van der Waals surface area contributed by atoms with Gasteiger partial charge in [-0.15, -0.1) is 0 Å². The lowest BCUT2D eigenvalue weighted by molar-refractivity contribution is -0.123. The van der Waals surface area contributed by atoms with Crippen LogP contribution in [0.3, 0.4) is 0 Å². The molecule has 5 heteroatoms. The van der Waals surface area contributed by atoms with E-state index in [0.717, 1.165) is 28.7 Å². The second-order valence-corrected chi connectivity index (χ2v) is 7.10. The maximum atomic E-state index is 12.6. The van der Waals surface area contributed by atoms with Gasteiger partial charge in [0.2, 0.25) is 5.91 Å². The molecular weight excluding hydrogens is 342 g/mol. The first-order valence-corrected chi connectivity index (χ1v) is 9.35. The fraction of sp³-hybridized carbons (Fsp3) is 0.409. The lowest BCUT2D eigenvalue weighted by atomic mass is 10.0. The minimum Gasteiger partial charge on any atom is -0.486 e. The first kappa shape index (κ1) is 19.4. The molecule has 5 nitrogen and oxygen atoms in total. The molecule has 0 saturated carbocycles. The summed E-state index contributed by atoms with van der Waals surface area (Å²) in [4.78, 5) is 12.6. The third-order valence-corrected chi connectivity index (χ3v) is 4.90. The van der Waals surface area contributed by atoms with Crippen molar-refractivity contribution in [2.45, 2.75) is 45.4 Å². The molecule has 0 bridgehead atoms. The molecule has 1 aliphatic rings. The molecule has 0 aliphatic carbocycles. The standard InChI is InChI=1S/C22H27NO4/c1-15-3-4-16(2)18(11-15)12-22(25)23-20-9-10-26-14-21(20)27-19-7-5-17(13-24)6-8-19/h3-8,11,20-21,24H,9-10,12-14H2,1-2H3,(H,23,25)/t20-,21-/m1/s1. The summed E-state index contributed by atoms with van der Waals surface area (Å²) in [6.07, 6.45) is 0.849. The molecule has 2 atom stereocenters. The number of aryl methyl sites for hydroxylation is 2. The number of aliphatic hydroxyl groups is 1. The van der Waals surface area contributed by atoms with Crippen LogP contribution in [0.4, 0.5) is 0 Å². The first-order valence-electron chi connectivity index (χ1n) is 9.35. The van der Waals surface area contributed by atoms with Crippen LogP contribution < -0.4 is 10.1 Å². The van der Waals surface area contributed by atoms with Crippen molar-refractivity contribution in [1.29, 1.82) is 0 Å². The summed E-state index contributed by atoms with van der Waals surface area (Å²) in [5, 5.41) is 12.3. The van der Waals surface area contributed by atoms with Crippen LogP contribution in [0.1, 0.15) is 28.7 Å². The zero-order valence-corrected chi connectivity index (χ0v) is 15.9. The average molecular weight is 369 g/mol. The molecule has 2 aromatic carbocycles. The van der Waals surface area contributed by atoms with E-state index in [0.29, 0.717) is 25.4 Å².